The number of carbonyl (C=O) groups excluding carboxylic acids is 2. The largest absolute Gasteiger partial charge is 0.503 e. The normalized spacial score (nSPS) is 15.8. The Morgan fingerprint density at radius 3 is 2.27 bits per heavy atom. The third-order valence-electron chi connectivity index (χ3n) is 5.91. The predicted molar refractivity (Wildman–Crippen MR) is 129 cm³/mol. The molecule has 5 heteroatoms. The lowest BCUT2D eigenvalue weighted by molar-refractivity contribution is -0.118. The third-order valence-corrected chi connectivity index (χ3v) is 5.91. The molecule has 0 spiro atoms. The van der Waals surface area contributed by atoms with Gasteiger partial charge in [-0.25, -0.2) is 0 Å². The number of aryl methyl sites for hydroxylation is 3. The van der Waals surface area contributed by atoms with Gasteiger partial charge < -0.3 is 9.84 Å². The summed E-state index contributed by atoms with van der Waals surface area (Å²) in [6, 6.07) is 22.0. The van der Waals surface area contributed by atoms with E-state index in [1.165, 1.54) is 4.90 Å². The number of Topliss-reactive ketones (excluding diaryl/α,β-unsaturated/α-hetero) is 1. The van der Waals surface area contributed by atoms with Crippen molar-refractivity contribution in [1.29, 1.82) is 0 Å². The van der Waals surface area contributed by atoms with E-state index >= 15 is 0 Å². The van der Waals surface area contributed by atoms with Crippen molar-refractivity contribution in [3.8, 4) is 5.75 Å². The van der Waals surface area contributed by atoms with Gasteiger partial charge in [0.25, 0.3) is 5.91 Å². The Balaban J connectivity index is 1.79. The lowest BCUT2D eigenvalue weighted by Gasteiger charge is -2.28. The van der Waals surface area contributed by atoms with E-state index in [0.717, 1.165) is 16.7 Å². The molecule has 168 valence electrons. The molecule has 1 atom stereocenters. The number of ketones is 1. The zero-order valence-corrected chi connectivity index (χ0v) is 19.0. The molecule has 1 aliphatic heterocycles. The minimum absolute atomic E-state index is 0.111. The Morgan fingerprint density at radius 1 is 0.970 bits per heavy atom. The Morgan fingerprint density at radius 2 is 1.61 bits per heavy atom. The molecule has 1 N–H and O–H groups in total. The van der Waals surface area contributed by atoms with Crippen LogP contribution in [0.25, 0.3) is 0 Å². The van der Waals surface area contributed by atoms with Crippen LogP contribution in [-0.2, 0) is 16.0 Å². The van der Waals surface area contributed by atoms with Crippen molar-refractivity contribution in [3.05, 3.63) is 106 Å². The Bertz CT molecular complexity index is 1210. The van der Waals surface area contributed by atoms with Crippen molar-refractivity contribution in [3.63, 3.8) is 0 Å². The van der Waals surface area contributed by atoms with Gasteiger partial charge in [-0.3, -0.25) is 14.5 Å². The molecule has 1 heterocycles. The minimum Gasteiger partial charge on any atom is -0.503 e. The Kier molecular flexibility index (Phi) is 6.31. The second-order valence-corrected chi connectivity index (χ2v) is 8.34. The van der Waals surface area contributed by atoms with Crippen LogP contribution in [0.3, 0.4) is 0 Å². The molecule has 4 rings (SSSR count). The minimum atomic E-state index is -0.780. The number of carbonyl (C=O) groups is 2. The van der Waals surface area contributed by atoms with E-state index in [-0.39, 0.29) is 17.8 Å². The number of ether oxygens (including phenoxy) is 1. The molecule has 33 heavy (non-hydrogen) atoms. The summed E-state index contributed by atoms with van der Waals surface area (Å²) < 4.78 is 5.56. The first kappa shape index (κ1) is 22.3. The third kappa shape index (κ3) is 4.40. The topological polar surface area (TPSA) is 66.8 Å². The number of aliphatic hydroxyl groups is 1. The average molecular weight is 442 g/mol. The molecule has 1 aliphatic rings. The van der Waals surface area contributed by atoms with E-state index in [4.69, 9.17) is 4.74 Å². The van der Waals surface area contributed by atoms with Gasteiger partial charge in [0.15, 0.2) is 11.5 Å². The number of rotatable bonds is 7. The monoisotopic (exact) mass is 441 g/mol. The molecule has 0 saturated carbocycles. The SMILES string of the molecule is COc1ccccc1C1C(C(=O)CCc2ccccc2)=C(O)C(=O)N1c1cc(C)cc(C)c1. The molecule has 1 amide bonds. The van der Waals surface area contributed by atoms with Gasteiger partial charge in [0.1, 0.15) is 5.75 Å². The molecule has 0 fully saturated rings. The maximum atomic E-state index is 13.4. The number of anilines is 1. The molecule has 0 aliphatic carbocycles. The van der Waals surface area contributed by atoms with E-state index in [1.54, 1.807) is 13.2 Å². The Labute approximate surface area is 193 Å². The van der Waals surface area contributed by atoms with Gasteiger partial charge in [-0.2, -0.15) is 0 Å². The lowest BCUT2D eigenvalue weighted by Crippen LogP contribution is -2.31. The lowest BCUT2D eigenvalue weighted by atomic mass is 9.92. The number of para-hydroxylation sites is 1. The second kappa shape index (κ2) is 9.33. The molecule has 1 unspecified atom stereocenters. The van der Waals surface area contributed by atoms with E-state index in [9.17, 15) is 14.7 Å². The van der Waals surface area contributed by atoms with E-state index in [2.05, 4.69) is 0 Å². The van der Waals surface area contributed by atoms with E-state index in [0.29, 0.717) is 23.4 Å². The quantitative estimate of drug-likeness (QED) is 0.532. The summed E-state index contributed by atoms with van der Waals surface area (Å²) in [5, 5.41) is 10.9. The van der Waals surface area contributed by atoms with Gasteiger partial charge in [-0.1, -0.05) is 54.6 Å². The zero-order valence-electron chi connectivity index (χ0n) is 19.0. The predicted octanol–water partition coefficient (Wildman–Crippen LogP) is 5.41. The highest BCUT2D eigenvalue weighted by Gasteiger charge is 2.45. The maximum absolute atomic E-state index is 13.4. The van der Waals surface area contributed by atoms with Gasteiger partial charge in [0.2, 0.25) is 0 Å². The number of nitrogens with zero attached hydrogens (tertiary/aromatic N) is 1. The van der Waals surface area contributed by atoms with Crippen molar-refractivity contribution >= 4 is 17.4 Å². The first-order valence-corrected chi connectivity index (χ1v) is 11.0. The van der Waals surface area contributed by atoms with Crippen molar-refractivity contribution in [1.82, 2.24) is 0 Å². The van der Waals surface area contributed by atoms with Crippen molar-refractivity contribution in [2.24, 2.45) is 0 Å². The number of hydrogen-bond acceptors (Lipinski definition) is 4. The summed E-state index contributed by atoms with van der Waals surface area (Å²) in [6.07, 6.45) is 0.704. The zero-order chi connectivity index (χ0) is 23.5. The first-order valence-electron chi connectivity index (χ1n) is 11.0. The highest BCUT2D eigenvalue weighted by Crippen LogP contribution is 2.44. The average Bonchev–Trinajstić information content (AvgIpc) is 3.08. The van der Waals surface area contributed by atoms with E-state index < -0.39 is 17.7 Å². The van der Waals surface area contributed by atoms with Crippen LogP contribution in [0.4, 0.5) is 5.69 Å². The smallest absolute Gasteiger partial charge is 0.294 e. The molecule has 3 aromatic carbocycles. The van der Waals surface area contributed by atoms with Crippen LogP contribution in [0, 0.1) is 13.8 Å². The summed E-state index contributed by atoms with van der Waals surface area (Å²) in [5.74, 6) is -0.790. The highest BCUT2D eigenvalue weighted by atomic mass is 16.5. The van der Waals surface area contributed by atoms with Gasteiger partial charge in [-0.05, 0) is 55.2 Å². The van der Waals surface area contributed by atoms with Gasteiger partial charge >= 0.3 is 0 Å². The first-order chi connectivity index (χ1) is 15.9. The van der Waals surface area contributed by atoms with Crippen LogP contribution in [0.15, 0.2) is 84.1 Å². The molecular formula is C28H27NO4. The molecule has 0 radical (unpaired) electrons. The van der Waals surface area contributed by atoms with Crippen LogP contribution in [0.1, 0.15) is 34.7 Å². The van der Waals surface area contributed by atoms with Crippen LogP contribution in [0.2, 0.25) is 0 Å². The number of methoxy groups -OCH3 is 1. The highest BCUT2D eigenvalue weighted by molar-refractivity contribution is 6.16. The fourth-order valence-corrected chi connectivity index (χ4v) is 4.47. The Hall–Kier alpha value is -3.86. The van der Waals surface area contributed by atoms with Crippen molar-refractivity contribution in [2.75, 3.05) is 12.0 Å². The summed E-state index contributed by atoms with van der Waals surface area (Å²) in [5.41, 5.74) is 4.39. The number of hydrogen-bond donors (Lipinski definition) is 1. The van der Waals surface area contributed by atoms with Crippen molar-refractivity contribution in [2.45, 2.75) is 32.7 Å². The summed E-state index contributed by atoms with van der Waals surface area (Å²) in [7, 11) is 1.55. The molecular weight excluding hydrogens is 414 g/mol. The molecule has 3 aromatic rings. The number of amides is 1. The standard InChI is InChI=1S/C28H27NO4/c1-18-15-19(2)17-21(16-18)29-26(22-11-7-8-12-24(22)33-3)25(27(31)28(29)32)23(30)14-13-20-9-5-4-6-10-20/h4-12,15-17,26,31H,13-14H2,1-3H3. The van der Waals surface area contributed by atoms with Crippen LogP contribution < -0.4 is 9.64 Å². The van der Waals surface area contributed by atoms with Crippen LogP contribution >= 0.6 is 0 Å². The van der Waals surface area contributed by atoms with Crippen LogP contribution in [-0.4, -0.2) is 23.9 Å². The summed E-state index contributed by atoms with van der Waals surface area (Å²) >= 11 is 0. The van der Waals surface area contributed by atoms with Crippen molar-refractivity contribution < 1.29 is 19.4 Å². The molecule has 5 nitrogen and oxygen atoms in total. The van der Waals surface area contributed by atoms with Gasteiger partial charge in [0, 0.05) is 17.7 Å². The number of aliphatic hydroxyl groups excluding tert-OH is 1. The maximum Gasteiger partial charge on any atom is 0.294 e. The summed E-state index contributed by atoms with van der Waals surface area (Å²) in [6.45, 7) is 3.91. The summed E-state index contributed by atoms with van der Waals surface area (Å²) in [4.78, 5) is 28.3. The fourth-order valence-electron chi connectivity index (χ4n) is 4.47. The van der Waals surface area contributed by atoms with Gasteiger partial charge in [-0.15, -0.1) is 0 Å². The molecule has 0 aromatic heterocycles. The second-order valence-electron chi connectivity index (χ2n) is 8.34. The van der Waals surface area contributed by atoms with Crippen LogP contribution in [0.5, 0.6) is 5.75 Å². The van der Waals surface area contributed by atoms with E-state index in [1.807, 2.05) is 80.6 Å². The fraction of sp³-hybridized carbons (Fsp3) is 0.214. The molecule has 0 bridgehead atoms. The molecule has 0 saturated heterocycles. The van der Waals surface area contributed by atoms with Gasteiger partial charge in [0.05, 0.1) is 18.7 Å². The number of benzene rings is 3.